The average molecular weight is 267 g/mol. The first kappa shape index (κ1) is 12.9. The van der Waals surface area contributed by atoms with E-state index in [2.05, 4.69) is 16.0 Å². The van der Waals surface area contributed by atoms with Crippen molar-refractivity contribution in [3.05, 3.63) is 42.6 Å². The van der Waals surface area contributed by atoms with E-state index in [-0.39, 0.29) is 6.04 Å². The second-order valence-electron chi connectivity index (χ2n) is 5.23. The Morgan fingerprint density at radius 2 is 2.25 bits per heavy atom. The summed E-state index contributed by atoms with van der Waals surface area (Å²) in [5.41, 5.74) is 15.4. The Balaban J connectivity index is 2.05. The SMILES string of the molecule is Nc1nccc(N2CCC[C@H](N)C2)c1-c1c[c]ccc1. The molecule has 0 amide bonds. The Kier molecular flexibility index (Phi) is 3.56. The first-order valence-corrected chi connectivity index (χ1v) is 6.97. The van der Waals surface area contributed by atoms with Crippen molar-refractivity contribution in [1.29, 1.82) is 0 Å². The quantitative estimate of drug-likeness (QED) is 0.874. The summed E-state index contributed by atoms with van der Waals surface area (Å²) in [7, 11) is 0. The second kappa shape index (κ2) is 5.51. The lowest BCUT2D eigenvalue weighted by molar-refractivity contribution is 0.506. The lowest BCUT2D eigenvalue weighted by Gasteiger charge is -2.34. The summed E-state index contributed by atoms with van der Waals surface area (Å²) in [5.74, 6) is 0.557. The Labute approximate surface area is 119 Å². The van der Waals surface area contributed by atoms with Crippen LogP contribution in [0.5, 0.6) is 0 Å². The maximum atomic E-state index is 6.11. The molecule has 3 rings (SSSR count). The van der Waals surface area contributed by atoms with Gasteiger partial charge in [0.25, 0.3) is 0 Å². The third-order valence-corrected chi connectivity index (χ3v) is 3.75. The zero-order valence-corrected chi connectivity index (χ0v) is 11.4. The highest BCUT2D eigenvalue weighted by molar-refractivity contribution is 5.86. The van der Waals surface area contributed by atoms with Gasteiger partial charge in [-0.05, 0) is 36.6 Å². The van der Waals surface area contributed by atoms with E-state index in [4.69, 9.17) is 11.5 Å². The number of piperidine rings is 1. The van der Waals surface area contributed by atoms with Crippen LogP contribution in [0.4, 0.5) is 11.5 Å². The summed E-state index contributed by atoms with van der Waals surface area (Å²) in [5, 5.41) is 0. The van der Waals surface area contributed by atoms with Crippen LogP contribution in [0.3, 0.4) is 0 Å². The summed E-state index contributed by atoms with van der Waals surface area (Å²) in [6.45, 7) is 1.88. The van der Waals surface area contributed by atoms with E-state index in [1.807, 2.05) is 30.3 Å². The van der Waals surface area contributed by atoms with Gasteiger partial charge in [0.2, 0.25) is 0 Å². The number of aromatic nitrogens is 1. The van der Waals surface area contributed by atoms with Crippen LogP contribution < -0.4 is 16.4 Å². The van der Waals surface area contributed by atoms with E-state index in [1.54, 1.807) is 6.20 Å². The molecule has 20 heavy (non-hydrogen) atoms. The molecule has 1 atom stereocenters. The predicted octanol–water partition coefficient (Wildman–Crippen LogP) is 2.06. The maximum absolute atomic E-state index is 6.11. The predicted molar refractivity (Wildman–Crippen MR) is 82.3 cm³/mol. The Hall–Kier alpha value is -2.07. The van der Waals surface area contributed by atoms with Crippen LogP contribution in [-0.4, -0.2) is 24.1 Å². The van der Waals surface area contributed by atoms with Crippen LogP contribution in [0.15, 0.2) is 36.5 Å². The Morgan fingerprint density at radius 1 is 1.35 bits per heavy atom. The smallest absolute Gasteiger partial charge is 0.133 e. The zero-order valence-electron chi connectivity index (χ0n) is 11.4. The summed E-state index contributed by atoms with van der Waals surface area (Å²) < 4.78 is 0. The number of rotatable bonds is 2. The van der Waals surface area contributed by atoms with Gasteiger partial charge in [-0.1, -0.05) is 18.2 Å². The second-order valence-corrected chi connectivity index (χ2v) is 5.23. The molecule has 1 radical (unpaired) electrons. The minimum absolute atomic E-state index is 0.230. The number of anilines is 2. The van der Waals surface area contributed by atoms with Crippen LogP contribution in [0.1, 0.15) is 12.8 Å². The molecular weight excluding hydrogens is 248 g/mol. The van der Waals surface area contributed by atoms with Gasteiger partial charge in [-0.25, -0.2) is 4.98 Å². The van der Waals surface area contributed by atoms with Crippen LogP contribution in [0, 0.1) is 6.07 Å². The van der Waals surface area contributed by atoms with E-state index in [1.165, 1.54) is 0 Å². The molecule has 2 heterocycles. The van der Waals surface area contributed by atoms with E-state index < -0.39 is 0 Å². The minimum Gasteiger partial charge on any atom is -0.383 e. The molecular formula is C16H19N4. The van der Waals surface area contributed by atoms with Gasteiger partial charge in [0.1, 0.15) is 5.82 Å². The highest BCUT2D eigenvalue weighted by Gasteiger charge is 2.21. The van der Waals surface area contributed by atoms with Crippen LogP contribution >= 0.6 is 0 Å². The Bertz CT molecular complexity index is 582. The number of nitrogens with zero attached hydrogens (tertiary/aromatic N) is 2. The minimum atomic E-state index is 0.230. The van der Waals surface area contributed by atoms with Crippen molar-refractivity contribution in [2.45, 2.75) is 18.9 Å². The Morgan fingerprint density at radius 3 is 3.00 bits per heavy atom. The van der Waals surface area contributed by atoms with Crippen molar-refractivity contribution in [2.75, 3.05) is 23.7 Å². The fourth-order valence-corrected chi connectivity index (χ4v) is 2.80. The van der Waals surface area contributed by atoms with E-state index in [0.29, 0.717) is 5.82 Å². The average Bonchev–Trinajstić information content (AvgIpc) is 2.48. The van der Waals surface area contributed by atoms with Gasteiger partial charge in [-0.3, -0.25) is 0 Å². The summed E-state index contributed by atoms with van der Waals surface area (Å²) in [4.78, 5) is 6.55. The van der Waals surface area contributed by atoms with Crippen LogP contribution in [0.2, 0.25) is 0 Å². The molecule has 4 N–H and O–H groups in total. The monoisotopic (exact) mass is 267 g/mol. The van der Waals surface area contributed by atoms with Crippen LogP contribution in [-0.2, 0) is 0 Å². The largest absolute Gasteiger partial charge is 0.383 e. The van der Waals surface area contributed by atoms with Gasteiger partial charge in [-0.15, -0.1) is 0 Å². The molecule has 2 aromatic rings. The normalized spacial score (nSPS) is 19.1. The van der Waals surface area contributed by atoms with Gasteiger partial charge in [0.15, 0.2) is 0 Å². The standard InChI is InChI=1S/C16H19N4/c17-13-7-4-10-20(11-13)14-8-9-19-16(18)15(14)12-5-2-1-3-6-12/h1-2,5-6,8-9,13H,4,7,10-11,17H2,(H2,18,19)/t13-/m0/s1. The van der Waals surface area contributed by atoms with Crippen molar-refractivity contribution >= 4 is 11.5 Å². The topological polar surface area (TPSA) is 68.2 Å². The van der Waals surface area contributed by atoms with Gasteiger partial charge in [0.05, 0.1) is 0 Å². The highest BCUT2D eigenvalue weighted by Crippen LogP contribution is 2.35. The lowest BCUT2D eigenvalue weighted by atomic mass is 10.0. The third-order valence-electron chi connectivity index (χ3n) is 3.75. The molecule has 0 saturated carbocycles. The number of pyridine rings is 1. The fourth-order valence-electron chi connectivity index (χ4n) is 2.80. The lowest BCUT2D eigenvalue weighted by Crippen LogP contribution is -2.43. The fraction of sp³-hybridized carbons (Fsp3) is 0.312. The number of hydrogen-bond acceptors (Lipinski definition) is 4. The summed E-state index contributed by atoms with van der Waals surface area (Å²) in [6, 6.07) is 13.2. The van der Waals surface area contributed by atoms with Crippen molar-refractivity contribution in [3.8, 4) is 11.1 Å². The van der Waals surface area contributed by atoms with Crippen molar-refractivity contribution in [3.63, 3.8) is 0 Å². The number of hydrogen-bond donors (Lipinski definition) is 2. The van der Waals surface area contributed by atoms with Crippen molar-refractivity contribution < 1.29 is 0 Å². The molecule has 0 bridgehead atoms. The highest BCUT2D eigenvalue weighted by atomic mass is 15.2. The maximum Gasteiger partial charge on any atom is 0.133 e. The first-order chi connectivity index (χ1) is 9.75. The molecule has 103 valence electrons. The molecule has 1 aliphatic heterocycles. The molecule has 1 aromatic carbocycles. The van der Waals surface area contributed by atoms with Crippen LogP contribution in [0.25, 0.3) is 11.1 Å². The summed E-state index contributed by atoms with van der Waals surface area (Å²) >= 11 is 0. The van der Waals surface area contributed by atoms with Crippen molar-refractivity contribution in [2.24, 2.45) is 5.73 Å². The number of benzene rings is 1. The zero-order chi connectivity index (χ0) is 13.9. The van der Waals surface area contributed by atoms with Gasteiger partial charge in [0, 0.05) is 36.6 Å². The molecule has 0 aliphatic carbocycles. The molecule has 1 aliphatic rings. The molecule has 0 spiro atoms. The van der Waals surface area contributed by atoms with E-state index >= 15 is 0 Å². The summed E-state index contributed by atoms with van der Waals surface area (Å²) in [6.07, 6.45) is 3.97. The molecule has 4 nitrogen and oxygen atoms in total. The molecule has 1 fully saturated rings. The van der Waals surface area contributed by atoms with Gasteiger partial charge >= 0.3 is 0 Å². The number of nitrogens with two attached hydrogens (primary N) is 2. The number of nitrogen functional groups attached to an aromatic ring is 1. The molecule has 1 aromatic heterocycles. The third kappa shape index (κ3) is 2.47. The molecule has 1 saturated heterocycles. The van der Waals surface area contributed by atoms with Gasteiger partial charge < -0.3 is 16.4 Å². The van der Waals surface area contributed by atoms with Crippen molar-refractivity contribution in [1.82, 2.24) is 4.98 Å². The van der Waals surface area contributed by atoms with E-state index in [9.17, 15) is 0 Å². The molecule has 4 heteroatoms. The first-order valence-electron chi connectivity index (χ1n) is 6.97. The van der Waals surface area contributed by atoms with Gasteiger partial charge in [-0.2, -0.15) is 0 Å². The molecule has 0 unspecified atom stereocenters. The van der Waals surface area contributed by atoms with E-state index in [0.717, 1.165) is 42.7 Å².